The number of aliphatic imine (C=N–C) groups is 1. The van der Waals surface area contributed by atoms with Crippen molar-refractivity contribution in [3.8, 4) is 11.5 Å². The van der Waals surface area contributed by atoms with Crippen molar-refractivity contribution in [1.29, 1.82) is 0 Å². The first-order chi connectivity index (χ1) is 14.3. The summed E-state index contributed by atoms with van der Waals surface area (Å²) in [6.45, 7) is 0. The lowest BCUT2D eigenvalue weighted by Gasteiger charge is -2.28. The predicted molar refractivity (Wildman–Crippen MR) is 121 cm³/mol. The summed E-state index contributed by atoms with van der Waals surface area (Å²) >= 11 is 4.64. The van der Waals surface area contributed by atoms with E-state index >= 15 is 0 Å². The molecule has 10 heteroatoms. The maximum atomic E-state index is 14.3. The van der Waals surface area contributed by atoms with Crippen LogP contribution in [0.5, 0.6) is 11.5 Å². The smallest absolute Gasteiger partial charge is 0.164 e. The van der Waals surface area contributed by atoms with E-state index in [-0.39, 0.29) is 29.4 Å². The SMILES string of the molecule is COc1ccc(OC)c(N2C(SCc3ccc(Br)cc3F)=N[C@@H]3CS(=O)(=O)C[C@@H]32)c1. The van der Waals surface area contributed by atoms with Gasteiger partial charge in [0, 0.05) is 16.3 Å². The molecule has 2 atom stereocenters. The number of fused-ring (bicyclic) bond motifs is 1. The quantitative estimate of drug-likeness (QED) is 0.602. The van der Waals surface area contributed by atoms with E-state index in [1.165, 1.54) is 17.8 Å². The largest absolute Gasteiger partial charge is 0.497 e. The monoisotopic (exact) mass is 514 g/mol. The summed E-state index contributed by atoms with van der Waals surface area (Å²) in [6.07, 6.45) is 0. The second-order valence-corrected chi connectivity index (χ2v) is 11.1. The first-order valence-electron chi connectivity index (χ1n) is 9.17. The van der Waals surface area contributed by atoms with E-state index in [1.54, 1.807) is 38.5 Å². The highest BCUT2D eigenvalue weighted by Gasteiger charge is 2.47. The summed E-state index contributed by atoms with van der Waals surface area (Å²) in [4.78, 5) is 6.60. The van der Waals surface area contributed by atoms with Crippen LogP contribution in [0.25, 0.3) is 0 Å². The van der Waals surface area contributed by atoms with Crippen molar-refractivity contribution >= 4 is 48.4 Å². The average molecular weight is 515 g/mol. The van der Waals surface area contributed by atoms with Gasteiger partial charge in [0.15, 0.2) is 15.0 Å². The van der Waals surface area contributed by atoms with E-state index < -0.39 is 9.84 Å². The molecule has 0 spiro atoms. The first-order valence-corrected chi connectivity index (χ1v) is 12.8. The number of anilines is 1. The fourth-order valence-electron chi connectivity index (χ4n) is 3.68. The van der Waals surface area contributed by atoms with Gasteiger partial charge >= 0.3 is 0 Å². The van der Waals surface area contributed by atoms with Gasteiger partial charge in [0.1, 0.15) is 17.3 Å². The van der Waals surface area contributed by atoms with Crippen molar-refractivity contribution in [1.82, 2.24) is 0 Å². The zero-order valence-electron chi connectivity index (χ0n) is 16.3. The molecule has 0 saturated carbocycles. The van der Waals surface area contributed by atoms with Crippen molar-refractivity contribution in [3.05, 3.63) is 52.3 Å². The van der Waals surface area contributed by atoms with Crippen molar-refractivity contribution < 1.29 is 22.3 Å². The van der Waals surface area contributed by atoms with Crippen LogP contribution in [0.4, 0.5) is 10.1 Å². The molecule has 1 saturated heterocycles. The third-order valence-corrected chi connectivity index (χ3v) is 8.33. The van der Waals surface area contributed by atoms with Crippen LogP contribution in [0.2, 0.25) is 0 Å². The maximum Gasteiger partial charge on any atom is 0.164 e. The molecule has 0 N–H and O–H groups in total. The van der Waals surface area contributed by atoms with Crippen molar-refractivity contribution in [3.63, 3.8) is 0 Å². The van der Waals surface area contributed by atoms with E-state index in [9.17, 15) is 12.8 Å². The van der Waals surface area contributed by atoms with Gasteiger partial charge in [-0.25, -0.2) is 12.8 Å². The molecule has 0 aliphatic carbocycles. The van der Waals surface area contributed by atoms with Crippen molar-refractivity contribution in [2.75, 3.05) is 30.6 Å². The summed E-state index contributed by atoms with van der Waals surface area (Å²) in [6, 6.07) is 9.63. The highest BCUT2D eigenvalue weighted by atomic mass is 79.9. The number of halogens is 2. The molecule has 0 unspecified atom stereocenters. The Balaban J connectivity index is 1.69. The number of nitrogens with zero attached hydrogens (tertiary/aromatic N) is 2. The van der Waals surface area contributed by atoms with Crippen LogP contribution in [0.3, 0.4) is 0 Å². The van der Waals surface area contributed by atoms with Gasteiger partial charge in [-0.2, -0.15) is 0 Å². The van der Waals surface area contributed by atoms with E-state index in [0.717, 1.165) is 0 Å². The lowest BCUT2D eigenvalue weighted by Crippen LogP contribution is -2.39. The molecule has 6 nitrogen and oxygen atoms in total. The predicted octanol–water partition coefficient (Wildman–Crippen LogP) is 3.88. The number of benzene rings is 2. The number of sulfone groups is 1. The summed E-state index contributed by atoms with van der Waals surface area (Å²) < 4.78 is 50.3. The molecule has 4 rings (SSSR count). The summed E-state index contributed by atoms with van der Waals surface area (Å²) in [7, 11) is -0.0501. The third kappa shape index (κ3) is 4.17. The van der Waals surface area contributed by atoms with Gasteiger partial charge in [-0.15, -0.1) is 0 Å². The van der Waals surface area contributed by atoms with E-state index in [0.29, 0.717) is 38.1 Å². The number of thioether (sulfide) groups is 1. The standard InChI is InChI=1S/C20H20BrFN2O4S2/c1-27-14-5-6-19(28-2)17(8-14)24-18-11-30(25,26)10-16(18)23-20(24)29-9-12-3-4-13(21)7-15(12)22/h3-8,16,18H,9-11H2,1-2H3/t16-,18+/m1/s1. The molecule has 2 heterocycles. The van der Waals surface area contributed by atoms with Crippen LogP contribution in [0.15, 0.2) is 45.9 Å². The van der Waals surface area contributed by atoms with Crippen LogP contribution >= 0.6 is 27.7 Å². The summed E-state index contributed by atoms with van der Waals surface area (Å²) in [5.41, 5.74) is 1.23. The van der Waals surface area contributed by atoms with Gasteiger partial charge in [0.05, 0.1) is 43.5 Å². The van der Waals surface area contributed by atoms with Crippen LogP contribution < -0.4 is 14.4 Å². The zero-order chi connectivity index (χ0) is 21.5. The Hall–Kier alpha value is -1.78. The molecule has 2 aromatic carbocycles. The van der Waals surface area contributed by atoms with Gasteiger partial charge in [0.2, 0.25) is 0 Å². The molecular weight excluding hydrogens is 495 g/mol. The fourth-order valence-corrected chi connectivity index (χ4v) is 6.96. The van der Waals surface area contributed by atoms with Crippen LogP contribution in [0, 0.1) is 5.82 Å². The Morgan fingerprint density at radius 1 is 1.20 bits per heavy atom. The number of ether oxygens (including phenoxy) is 2. The molecule has 2 aliphatic rings. The van der Waals surface area contributed by atoms with Gasteiger partial charge in [-0.3, -0.25) is 4.99 Å². The number of hydrogen-bond donors (Lipinski definition) is 0. The lowest BCUT2D eigenvalue weighted by atomic mass is 10.1. The second-order valence-electron chi connectivity index (χ2n) is 7.06. The minimum absolute atomic E-state index is 0.0111. The molecule has 160 valence electrons. The Labute approximate surface area is 187 Å². The first kappa shape index (κ1) is 21.5. The highest BCUT2D eigenvalue weighted by Crippen LogP contribution is 2.41. The molecule has 0 bridgehead atoms. The molecule has 30 heavy (non-hydrogen) atoms. The van der Waals surface area contributed by atoms with Crippen LogP contribution in [-0.2, 0) is 15.6 Å². The molecule has 1 fully saturated rings. The lowest BCUT2D eigenvalue weighted by molar-refractivity contribution is 0.403. The Kier molecular flexibility index (Phi) is 6.00. The molecule has 2 aliphatic heterocycles. The Morgan fingerprint density at radius 3 is 2.70 bits per heavy atom. The molecule has 2 aromatic rings. The minimum atomic E-state index is -3.18. The van der Waals surface area contributed by atoms with E-state index in [4.69, 9.17) is 14.5 Å². The zero-order valence-corrected chi connectivity index (χ0v) is 19.6. The Bertz CT molecular complexity index is 1110. The van der Waals surface area contributed by atoms with E-state index in [1.807, 2.05) is 11.0 Å². The molecular formula is C20H20BrFN2O4S2. The van der Waals surface area contributed by atoms with Crippen molar-refractivity contribution in [2.24, 2.45) is 4.99 Å². The number of amidine groups is 1. The topological polar surface area (TPSA) is 68.2 Å². The summed E-state index contributed by atoms with van der Waals surface area (Å²) in [5.74, 6) is 1.30. The van der Waals surface area contributed by atoms with Gasteiger partial charge < -0.3 is 14.4 Å². The van der Waals surface area contributed by atoms with Crippen LogP contribution in [-0.4, -0.2) is 51.4 Å². The average Bonchev–Trinajstić information content (AvgIpc) is 3.17. The Morgan fingerprint density at radius 2 is 2.00 bits per heavy atom. The summed E-state index contributed by atoms with van der Waals surface area (Å²) in [5, 5.41) is 0.647. The second kappa shape index (κ2) is 8.39. The third-order valence-electron chi connectivity index (χ3n) is 5.12. The molecule has 0 amide bonds. The van der Waals surface area contributed by atoms with Crippen molar-refractivity contribution in [2.45, 2.75) is 17.8 Å². The minimum Gasteiger partial charge on any atom is -0.497 e. The van der Waals surface area contributed by atoms with Gasteiger partial charge in [0.25, 0.3) is 0 Å². The fraction of sp³-hybridized carbons (Fsp3) is 0.350. The van der Waals surface area contributed by atoms with E-state index in [2.05, 4.69) is 15.9 Å². The molecule has 0 radical (unpaired) electrons. The highest BCUT2D eigenvalue weighted by molar-refractivity contribution is 9.10. The number of rotatable bonds is 5. The van der Waals surface area contributed by atoms with Crippen LogP contribution in [0.1, 0.15) is 5.56 Å². The maximum absolute atomic E-state index is 14.3. The van der Waals surface area contributed by atoms with Gasteiger partial charge in [-0.1, -0.05) is 33.8 Å². The number of methoxy groups -OCH3 is 2. The number of hydrogen-bond acceptors (Lipinski definition) is 7. The molecule has 0 aromatic heterocycles. The van der Waals surface area contributed by atoms with Gasteiger partial charge in [-0.05, 0) is 29.8 Å². The normalized spacial score (nSPS) is 22.0.